The van der Waals surface area contributed by atoms with Crippen LogP contribution in [0.4, 0.5) is 0 Å². The molecule has 1 aliphatic rings. The van der Waals surface area contributed by atoms with Crippen molar-refractivity contribution in [2.24, 2.45) is 16.5 Å². The van der Waals surface area contributed by atoms with E-state index in [1.165, 1.54) is 4.90 Å². The molecular formula is C20H27N5O5. The van der Waals surface area contributed by atoms with E-state index in [-0.39, 0.29) is 5.96 Å². The molecule has 0 saturated carbocycles. The summed E-state index contributed by atoms with van der Waals surface area (Å²) in [6, 6.07) is 7.15. The normalized spacial score (nSPS) is 16.4. The van der Waals surface area contributed by atoms with Crippen LogP contribution in [-0.2, 0) is 19.2 Å². The van der Waals surface area contributed by atoms with Crippen LogP contribution in [0.2, 0.25) is 0 Å². The Balaban J connectivity index is 1.87. The summed E-state index contributed by atoms with van der Waals surface area (Å²) in [6.07, 6.45) is 2.50. The Morgan fingerprint density at radius 1 is 1.27 bits per heavy atom. The number of ketones is 1. The highest BCUT2D eigenvalue weighted by atomic mass is 16.5. The van der Waals surface area contributed by atoms with Gasteiger partial charge in [-0.15, -0.1) is 0 Å². The van der Waals surface area contributed by atoms with E-state index < -0.39 is 36.3 Å². The maximum atomic E-state index is 12.6. The van der Waals surface area contributed by atoms with Gasteiger partial charge in [0.2, 0.25) is 5.91 Å². The molecule has 1 aliphatic heterocycles. The number of aliphatic imine (C=N–C) groups is 1. The van der Waals surface area contributed by atoms with Gasteiger partial charge in [-0.2, -0.15) is 0 Å². The number of Topliss-reactive ketones (excluding diaryl/α,β-unsaturated/α-hetero) is 1. The summed E-state index contributed by atoms with van der Waals surface area (Å²) in [4.78, 5) is 53.7. The van der Waals surface area contributed by atoms with Crippen LogP contribution in [0.25, 0.3) is 0 Å². The molecule has 1 aromatic carbocycles. The van der Waals surface area contributed by atoms with Gasteiger partial charge in [0.1, 0.15) is 18.1 Å². The summed E-state index contributed by atoms with van der Waals surface area (Å²) >= 11 is 0. The minimum atomic E-state index is -0.793. The van der Waals surface area contributed by atoms with Crippen LogP contribution in [0.3, 0.4) is 0 Å². The van der Waals surface area contributed by atoms with Crippen LogP contribution in [0.15, 0.2) is 35.3 Å². The largest absolute Gasteiger partial charge is 0.485 e. The van der Waals surface area contributed by atoms with Gasteiger partial charge < -0.3 is 31.2 Å². The first-order chi connectivity index (χ1) is 14.4. The SMILES string of the molecule is NC(N)=NCCCC(C=O)NC(=O)C1CCCN1C(=O)C(=O)COc1ccccc1. The molecule has 1 aromatic rings. The van der Waals surface area contributed by atoms with E-state index >= 15 is 0 Å². The number of rotatable bonds is 11. The second kappa shape index (κ2) is 11.5. The molecule has 30 heavy (non-hydrogen) atoms. The average molecular weight is 417 g/mol. The lowest BCUT2D eigenvalue weighted by Gasteiger charge is -2.24. The molecule has 2 amide bonds. The quantitative estimate of drug-likeness (QED) is 0.142. The number of nitrogens with zero attached hydrogens (tertiary/aromatic N) is 2. The van der Waals surface area contributed by atoms with Gasteiger partial charge in [-0.25, -0.2) is 0 Å². The van der Waals surface area contributed by atoms with Crippen molar-refractivity contribution < 1.29 is 23.9 Å². The molecule has 0 radical (unpaired) electrons. The zero-order chi connectivity index (χ0) is 21.9. The van der Waals surface area contributed by atoms with Crippen LogP contribution in [0.1, 0.15) is 25.7 Å². The molecular weight excluding hydrogens is 390 g/mol. The lowest BCUT2D eigenvalue weighted by atomic mass is 10.1. The molecule has 10 heteroatoms. The predicted molar refractivity (Wildman–Crippen MR) is 110 cm³/mol. The topological polar surface area (TPSA) is 157 Å². The number of guanidine groups is 1. The lowest BCUT2D eigenvalue weighted by Crippen LogP contribution is -2.51. The maximum Gasteiger partial charge on any atom is 0.294 e. The average Bonchev–Trinajstić information content (AvgIpc) is 3.24. The number of para-hydroxylation sites is 1. The van der Waals surface area contributed by atoms with Crippen molar-refractivity contribution in [2.45, 2.75) is 37.8 Å². The van der Waals surface area contributed by atoms with Crippen molar-refractivity contribution in [3.8, 4) is 5.75 Å². The molecule has 10 nitrogen and oxygen atoms in total. The molecule has 5 N–H and O–H groups in total. The van der Waals surface area contributed by atoms with Crippen LogP contribution < -0.4 is 21.5 Å². The molecule has 1 fully saturated rings. The van der Waals surface area contributed by atoms with Crippen LogP contribution >= 0.6 is 0 Å². The third-order valence-electron chi connectivity index (χ3n) is 4.63. The van der Waals surface area contributed by atoms with Crippen LogP contribution in [-0.4, -0.2) is 66.5 Å². The first kappa shape index (κ1) is 22.9. The molecule has 0 aliphatic carbocycles. The summed E-state index contributed by atoms with van der Waals surface area (Å²) in [5.41, 5.74) is 10.5. The Hall–Kier alpha value is -3.43. The minimum absolute atomic E-state index is 0.0392. The summed E-state index contributed by atoms with van der Waals surface area (Å²) in [5, 5.41) is 2.62. The second-order valence-corrected chi connectivity index (χ2v) is 6.88. The van der Waals surface area contributed by atoms with E-state index in [4.69, 9.17) is 16.2 Å². The molecule has 162 valence electrons. The number of carbonyl (C=O) groups excluding carboxylic acids is 4. The van der Waals surface area contributed by atoms with Crippen LogP contribution in [0, 0.1) is 0 Å². The zero-order valence-corrected chi connectivity index (χ0v) is 16.7. The fourth-order valence-corrected chi connectivity index (χ4v) is 3.14. The number of aldehydes is 1. The molecule has 0 aromatic heterocycles. The Bertz CT molecular complexity index is 779. The number of ether oxygens (including phenoxy) is 1. The molecule has 2 unspecified atom stereocenters. The highest BCUT2D eigenvalue weighted by Crippen LogP contribution is 2.18. The van der Waals surface area contributed by atoms with Gasteiger partial charge in [-0.05, 0) is 37.8 Å². The first-order valence-electron chi connectivity index (χ1n) is 9.75. The van der Waals surface area contributed by atoms with Gasteiger partial charge in [0, 0.05) is 13.1 Å². The number of nitrogens with two attached hydrogens (primary N) is 2. The molecule has 2 atom stereocenters. The highest BCUT2D eigenvalue weighted by molar-refractivity contribution is 6.37. The fourth-order valence-electron chi connectivity index (χ4n) is 3.14. The molecule has 1 saturated heterocycles. The van der Waals surface area contributed by atoms with Gasteiger partial charge >= 0.3 is 0 Å². The highest BCUT2D eigenvalue weighted by Gasteiger charge is 2.37. The number of carbonyl (C=O) groups is 4. The molecule has 2 rings (SSSR count). The molecule has 0 spiro atoms. The van der Waals surface area contributed by atoms with Crippen molar-refractivity contribution in [1.29, 1.82) is 0 Å². The van der Waals surface area contributed by atoms with Gasteiger partial charge in [0.05, 0.1) is 6.04 Å². The van der Waals surface area contributed by atoms with Crippen molar-refractivity contribution in [1.82, 2.24) is 10.2 Å². The van der Waals surface area contributed by atoms with E-state index in [0.29, 0.717) is 50.8 Å². The van der Waals surface area contributed by atoms with Crippen molar-refractivity contribution in [3.63, 3.8) is 0 Å². The van der Waals surface area contributed by atoms with E-state index in [1.807, 2.05) is 0 Å². The Morgan fingerprint density at radius 3 is 2.67 bits per heavy atom. The second-order valence-electron chi connectivity index (χ2n) is 6.88. The van der Waals surface area contributed by atoms with Gasteiger partial charge in [-0.1, -0.05) is 18.2 Å². The van der Waals surface area contributed by atoms with E-state index in [9.17, 15) is 19.2 Å². The Labute approximate surface area is 174 Å². The first-order valence-corrected chi connectivity index (χ1v) is 9.75. The van der Waals surface area contributed by atoms with Crippen LogP contribution in [0.5, 0.6) is 5.75 Å². The predicted octanol–water partition coefficient (Wildman–Crippen LogP) is -0.637. The number of benzene rings is 1. The van der Waals surface area contributed by atoms with Crippen molar-refractivity contribution in [3.05, 3.63) is 30.3 Å². The monoisotopic (exact) mass is 417 g/mol. The maximum absolute atomic E-state index is 12.6. The van der Waals surface area contributed by atoms with E-state index in [2.05, 4.69) is 10.3 Å². The zero-order valence-electron chi connectivity index (χ0n) is 16.7. The Morgan fingerprint density at radius 2 is 2.00 bits per heavy atom. The van der Waals surface area contributed by atoms with E-state index in [0.717, 1.165) is 0 Å². The number of hydrogen-bond donors (Lipinski definition) is 3. The Kier molecular flexibility index (Phi) is 8.79. The smallest absolute Gasteiger partial charge is 0.294 e. The third-order valence-corrected chi connectivity index (χ3v) is 4.63. The number of nitrogens with one attached hydrogen (secondary N) is 1. The summed E-state index contributed by atoms with van der Waals surface area (Å²) in [7, 11) is 0. The molecule has 0 bridgehead atoms. The fraction of sp³-hybridized carbons (Fsp3) is 0.450. The number of hydrogen-bond acceptors (Lipinski definition) is 6. The van der Waals surface area contributed by atoms with Gasteiger partial charge in [0.25, 0.3) is 11.7 Å². The third kappa shape index (κ3) is 6.87. The molecule has 1 heterocycles. The van der Waals surface area contributed by atoms with E-state index in [1.54, 1.807) is 30.3 Å². The van der Waals surface area contributed by atoms with Crippen molar-refractivity contribution >= 4 is 29.8 Å². The lowest BCUT2D eigenvalue weighted by molar-refractivity contribution is -0.148. The van der Waals surface area contributed by atoms with Gasteiger partial charge in [-0.3, -0.25) is 19.4 Å². The summed E-state index contributed by atoms with van der Waals surface area (Å²) in [5.74, 6) is -1.52. The summed E-state index contributed by atoms with van der Waals surface area (Å²) < 4.78 is 5.33. The van der Waals surface area contributed by atoms with Gasteiger partial charge in [0.15, 0.2) is 12.6 Å². The summed E-state index contributed by atoms with van der Waals surface area (Å²) in [6.45, 7) is 0.228. The van der Waals surface area contributed by atoms with Crippen molar-refractivity contribution in [2.75, 3.05) is 19.7 Å². The minimum Gasteiger partial charge on any atom is -0.485 e. The standard InChI is InChI=1S/C20H27N5O5/c21-20(22)23-10-4-6-14(12-26)24-18(28)16-9-5-11-25(16)19(29)17(27)13-30-15-7-2-1-3-8-15/h1-3,7-8,12,14,16H,4-6,9-11,13H2,(H,24,28)(H4,21,22,23). The number of amides is 2. The number of likely N-dealkylation sites (tertiary alicyclic amines) is 1.